The van der Waals surface area contributed by atoms with E-state index in [4.69, 9.17) is 0 Å². The molecule has 0 aliphatic rings. The molecule has 2 heteroatoms. The monoisotopic (exact) mass is 199 g/mol. The van der Waals surface area contributed by atoms with Gasteiger partial charge < -0.3 is 0 Å². The molecule has 1 aromatic carbocycles. The quantitative estimate of drug-likeness (QED) is 0.721. The molecule has 0 fully saturated rings. The third kappa shape index (κ3) is 2.10. The fraction of sp³-hybridized carbons (Fsp3) is 0. The van der Waals surface area contributed by atoms with Crippen molar-refractivity contribution in [3.05, 3.63) is 60.6 Å². The fourth-order valence-corrected chi connectivity index (χ4v) is 1.35. The van der Waals surface area contributed by atoms with Gasteiger partial charge >= 0.3 is 0 Å². The number of rotatable bonds is 2. The van der Waals surface area contributed by atoms with Crippen LogP contribution in [0.5, 0.6) is 0 Å². The van der Waals surface area contributed by atoms with Crippen LogP contribution < -0.4 is 0 Å². The van der Waals surface area contributed by atoms with E-state index < -0.39 is 0 Å². The number of nitrogens with zero attached hydrogens (tertiary/aromatic N) is 1. The van der Waals surface area contributed by atoms with Crippen molar-refractivity contribution in [1.29, 1.82) is 0 Å². The maximum Gasteiger partial charge on any atom is 0.123 e. The van der Waals surface area contributed by atoms with E-state index in [0.717, 1.165) is 16.8 Å². The summed E-state index contributed by atoms with van der Waals surface area (Å²) in [4.78, 5) is 4.22. The molecule has 0 bridgehead atoms. The highest BCUT2D eigenvalue weighted by atomic mass is 19.1. The van der Waals surface area contributed by atoms with E-state index in [1.54, 1.807) is 24.4 Å². The topological polar surface area (TPSA) is 12.9 Å². The zero-order chi connectivity index (χ0) is 10.7. The zero-order valence-corrected chi connectivity index (χ0v) is 8.15. The number of halogens is 1. The van der Waals surface area contributed by atoms with Crippen LogP contribution in [-0.2, 0) is 0 Å². The van der Waals surface area contributed by atoms with E-state index in [1.165, 1.54) is 12.1 Å². The molecule has 0 aliphatic carbocycles. The first-order valence-electron chi connectivity index (χ1n) is 4.64. The van der Waals surface area contributed by atoms with Crippen molar-refractivity contribution in [3.8, 4) is 11.3 Å². The molecule has 1 aromatic heterocycles. The van der Waals surface area contributed by atoms with E-state index in [2.05, 4.69) is 11.6 Å². The van der Waals surface area contributed by atoms with E-state index in [1.807, 2.05) is 12.1 Å². The molecule has 2 rings (SSSR count). The lowest BCUT2D eigenvalue weighted by Gasteiger charge is -2.01. The maximum absolute atomic E-state index is 12.7. The molecule has 74 valence electrons. The summed E-state index contributed by atoms with van der Waals surface area (Å²) in [6, 6.07) is 10.1. The Morgan fingerprint density at radius 3 is 2.53 bits per heavy atom. The normalized spacial score (nSPS) is 9.93. The van der Waals surface area contributed by atoms with Crippen molar-refractivity contribution in [3.63, 3.8) is 0 Å². The second kappa shape index (κ2) is 4.05. The van der Waals surface area contributed by atoms with Gasteiger partial charge in [-0.2, -0.15) is 0 Å². The van der Waals surface area contributed by atoms with Gasteiger partial charge in [0.2, 0.25) is 0 Å². The van der Waals surface area contributed by atoms with Crippen LogP contribution in [0.2, 0.25) is 0 Å². The van der Waals surface area contributed by atoms with E-state index in [9.17, 15) is 4.39 Å². The Kier molecular flexibility index (Phi) is 2.59. The highest BCUT2D eigenvalue weighted by Crippen LogP contribution is 2.18. The standard InChI is InChI=1S/C13H10FN/c1-2-10-7-8-15-13(9-10)11-3-5-12(14)6-4-11/h2-9H,1H2. The van der Waals surface area contributed by atoms with E-state index >= 15 is 0 Å². The summed E-state index contributed by atoms with van der Waals surface area (Å²) in [5.41, 5.74) is 2.73. The Hall–Kier alpha value is -1.96. The number of aromatic nitrogens is 1. The van der Waals surface area contributed by atoms with Crippen LogP contribution in [0.3, 0.4) is 0 Å². The second-order valence-electron chi connectivity index (χ2n) is 3.19. The highest BCUT2D eigenvalue weighted by molar-refractivity contribution is 5.62. The smallest absolute Gasteiger partial charge is 0.123 e. The van der Waals surface area contributed by atoms with Gasteiger partial charge in [-0.15, -0.1) is 0 Å². The predicted octanol–water partition coefficient (Wildman–Crippen LogP) is 3.53. The van der Waals surface area contributed by atoms with Crippen LogP contribution in [0.1, 0.15) is 5.56 Å². The van der Waals surface area contributed by atoms with Gasteiger partial charge in [0, 0.05) is 11.8 Å². The molecule has 0 radical (unpaired) electrons. The molecule has 1 heterocycles. The maximum atomic E-state index is 12.7. The van der Waals surface area contributed by atoms with Crippen molar-refractivity contribution in [1.82, 2.24) is 4.98 Å². The highest BCUT2D eigenvalue weighted by Gasteiger charge is 1.99. The van der Waals surface area contributed by atoms with Gasteiger partial charge in [0.1, 0.15) is 5.82 Å². The van der Waals surface area contributed by atoms with Crippen LogP contribution in [-0.4, -0.2) is 4.98 Å². The molecule has 0 saturated heterocycles. The minimum atomic E-state index is -0.237. The molecular formula is C13H10FN. The van der Waals surface area contributed by atoms with Gasteiger partial charge in [-0.25, -0.2) is 4.39 Å². The second-order valence-corrected chi connectivity index (χ2v) is 3.19. The van der Waals surface area contributed by atoms with Gasteiger partial charge in [-0.05, 0) is 42.0 Å². The lowest BCUT2D eigenvalue weighted by atomic mass is 10.1. The van der Waals surface area contributed by atoms with Crippen LogP contribution in [0.15, 0.2) is 49.2 Å². The first-order chi connectivity index (χ1) is 7.29. The molecule has 0 spiro atoms. The van der Waals surface area contributed by atoms with E-state index in [0.29, 0.717) is 0 Å². The van der Waals surface area contributed by atoms with Crippen LogP contribution in [0, 0.1) is 5.82 Å². The van der Waals surface area contributed by atoms with Crippen molar-refractivity contribution >= 4 is 6.08 Å². The van der Waals surface area contributed by atoms with Gasteiger partial charge in [0.25, 0.3) is 0 Å². The lowest BCUT2D eigenvalue weighted by molar-refractivity contribution is 0.628. The number of benzene rings is 1. The first kappa shape index (κ1) is 9.59. The number of hydrogen-bond donors (Lipinski definition) is 0. The molecule has 15 heavy (non-hydrogen) atoms. The summed E-state index contributed by atoms with van der Waals surface area (Å²) in [6.45, 7) is 3.69. The first-order valence-corrected chi connectivity index (χ1v) is 4.64. The SMILES string of the molecule is C=Cc1ccnc(-c2ccc(F)cc2)c1. The van der Waals surface area contributed by atoms with Gasteiger partial charge in [-0.1, -0.05) is 12.7 Å². The summed E-state index contributed by atoms with van der Waals surface area (Å²) in [7, 11) is 0. The van der Waals surface area contributed by atoms with Crippen molar-refractivity contribution in [2.24, 2.45) is 0 Å². The van der Waals surface area contributed by atoms with Crippen molar-refractivity contribution in [2.75, 3.05) is 0 Å². The molecule has 0 amide bonds. The molecule has 0 unspecified atom stereocenters. The van der Waals surface area contributed by atoms with Crippen molar-refractivity contribution < 1.29 is 4.39 Å². The summed E-state index contributed by atoms with van der Waals surface area (Å²) >= 11 is 0. The summed E-state index contributed by atoms with van der Waals surface area (Å²) in [5, 5.41) is 0. The van der Waals surface area contributed by atoms with Crippen LogP contribution in [0.25, 0.3) is 17.3 Å². The minimum absolute atomic E-state index is 0.237. The van der Waals surface area contributed by atoms with Gasteiger partial charge in [0.15, 0.2) is 0 Å². The largest absolute Gasteiger partial charge is 0.256 e. The molecule has 0 N–H and O–H groups in total. The summed E-state index contributed by atoms with van der Waals surface area (Å²) in [5.74, 6) is -0.237. The number of pyridine rings is 1. The Balaban J connectivity index is 2.44. The Morgan fingerprint density at radius 1 is 1.13 bits per heavy atom. The molecule has 1 nitrogen and oxygen atoms in total. The fourth-order valence-electron chi connectivity index (χ4n) is 1.35. The van der Waals surface area contributed by atoms with E-state index in [-0.39, 0.29) is 5.82 Å². The summed E-state index contributed by atoms with van der Waals surface area (Å²) in [6.07, 6.45) is 3.48. The molecule has 0 saturated carbocycles. The minimum Gasteiger partial charge on any atom is -0.256 e. The third-order valence-electron chi connectivity index (χ3n) is 2.16. The Bertz CT molecular complexity index is 474. The molecular weight excluding hydrogens is 189 g/mol. The average molecular weight is 199 g/mol. The molecule has 0 aliphatic heterocycles. The number of hydrogen-bond acceptors (Lipinski definition) is 1. The average Bonchev–Trinajstić information content (AvgIpc) is 2.30. The van der Waals surface area contributed by atoms with Crippen molar-refractivity contribution in [2.45, 2.75) is 0 Å². The van der Waals surface area contributed by atoms with Crippen LogP contribution >= 0.6 is 0 Å². The third-order valence-corrected chi connectivity index (χ3v) is 2.16. The van der Waals surface area contributed by atoms with Crippen LogP contribution in [0.4, 0.5) is 4.39 Å². The molecule has 2 aromatic rings. The zero-order valence-electron chi connectivity index (χ0n) is 8.15. The van der Waals surface area contributed by atoms with Gasteiger partial charge in [0.05, 0.1) is 5.69 Å². The lowest BCUT2D eigenvalue weighted by Crippen LogP contribution is -1.84. The Morgan fingerprint density at radius 2 is 1.87 bits per heavy atom. The molecule has 0 atom stereocenters. The predicted molar refractivity (Wildman–Crippen MR) is 59.7 cm³/mol. The summed E-state index contributed by atoms with van der Waals surface area (Å²) < 4.78 is 12.7. The Labute approximate surface area is 87.9 Å². The van der Waals surface area contributed by atoms with Gasteiger partial charge in [-0.3, -0.25) is 4.98 Å².